The topological polar surface area (TPSA) is 57.8 Å². The van der Waals surface area contributed by atoms with Crippen LogP contribution in [0.5, 0.6) is 0 Å². The number of rotatable bonds is 3. The number of benzene rings is 4. The number of para-hydroxylation sites is 2. The Morgan fingerprint density at radius 2 is 1.54 bits per heavy atom. The Bertz CT molecular complexity index is 1260. The first-order chi connectivity index (χ1) is 13.8. The predicted molar refractivity (Wildman–Crippen MR) is 113 cm³/mol. The van der Waals surface area contributed by atoms with Gasteiger partial charge in [0.05, 0.1) is 11.0 Å². The van der Waals surface area contributed by atoms with Crippen molar-refractivity contribution >= 4 is 33.4 Å². The van der Waals surface area contributed by atoms with Crippen molar-refractivity contribution in [2.45, 2.75) is 0 Å². The number of aromatic nitrogens is 2. The summed E-state index contributed by atoms with van der Waals surface area (Å²) in [5.74, 6) is 0.696. The van der Waals surface area contributed by atoms with E-state index in [1.165, 1.54) is 0 Å². The summed E-state index contributed by atoms with van der Waals surface area (Å²) >= 11 is 0. The molecule has 4 heteroatoms. The molecule has 0 spiro atoms. The summed E-state index contributed by atoms with van der Waals surface area (Å²) in [7, 11) is 0. The van der Waals surface area contributed by atoms with Crippen molar-refractivity contribution < 1.29 is 4.79 Å². The Labute approximate surface area is 161 Å². The van der Waals surface area contributed by atoms with E-state index in [2.05, 4.69) is 15.3 Å². The van der Waals surface area contributed by atoms with Gasteiger partial charge in [0.25, 0.3) is 5.91 Å². The Hall–Kier alpha value is -3.92. The zero-order valence-corrected chi connectivity index (χ0v) is 15.0. The number of fused-ring (bicyclic) bond motifs is 2. The first-order valence-corrected chi connectivity index (χ1v) is 9.12. The molecule has 0 bridgehead atoms. The largest absolute Gasteiger partial charge is 0.338 e. The van der Waals surface area contributed by atoms with Gasteiger partial charge in [-0.05, 0) is 53.2 Å². The van der Waals surface area contributed by atoms with Gasteiger partial charge in [-0.3, -0.25) is 4.79 Å². The zero-order chi connectivity index (χ0) is 18.9. The number of H-pyrrole nitrogens is 1. The number of imidazole rings is 1. The normalized spacial score (nSPS) is 11.0. The maximum Gasteiger partial charge on any atom is 0.256 e. The van der Waals surface area contributed by atoms with E-state index in [-0.39, 0.29) is 5.91 Å². The fourth-order valence-corrected chi connectivity index (χ4v) is 3.42. The summed E-state index contributed by atoms with van der Waals surface area (Å²) in [5, 5.41) is 4.98. The third-order valence-corrected chi connectivity index (χ3v) is 4.84. The molecule has 1 amide bonds. The van der Waals surface area contributed by atoms with E-state index in [4.69, 9.17) is 0 Å². The van der Waals surface area contributed by atoms with Gasteiger partial charge >= 0.3 is 0 Å². The SMILES string of the molecule is O=C(Nc1ccc(-c2nc3ccccc3[nH]2)cc1)c1cccc2ccccc12. The van der Waals surface area contributed by atoms with E-state index in [1.54, 1.807) is 0 Å². The molecule has 2 N–H and O–H groups in total. The lowest BCUT2D eigenvalue weighted by Gasteiger charge is -2.08. The van der Waals surface area contributed by atoms with Crippen LogP contribution in [0.2, 0.25) is 0 Å². The minimum absolute atomic E-state index is 0.117. The van der Waals surface area contributed by atoms with Crippen molar-refractivity contribution in [3.63, 3.8) is 0 Å². The van der Waals surface area contributed by atoms with Gasteiger partial charge in [0.15, 0.2) is 0 Å². The summed E-state index contributed by atoms with van der Waals surface area (Å²) in [4.78, 5) is 20.7. The van der Waals surface area contributed by atoms with Gasteiger partial charge in [-0.25, -0.2) is 4.98 Å². The van der Waals surface area contributed by atoms with E-state index >= 15 is 0 Å². The van der Waals surface area contributed by atoms with Crippen molar-refractivity contribution in [3.05, 3.63) is 96.6 Å². The lowest BCUT2D eigenvalue weighted by Crippen LogP contribution is -2.12. The number of nitrogens with zero attached hydrogens (tertiary/aromatic N) is 1. The molecule has 0 saturated carbocycles. The van der Waals surface area contributed by atoms with Gasteiger partial charge in [0, 0.05) is 16.8 Å². The van der Waals surface area contributed by atoms with Crippen molar-refractivity contribution in [2.75, 3.05) is 5.32 Å². The number of carbonyl (C=O) groups excluding carboxylic acids is 1. The van der Waals surface area contributed by atoms with Crippen molar-refractivity contribution in [1.29, 1.82) is 0 Å². The number of nitrogens with one attached hydrogen (secondary N) is 2. The second kappa shape index (κ2) is 6.67. The molecule has 5 aromatic rings. The summed E-state index contributed by atoms with van der Waals surface area (Å²) in [6.07, 6.45) is 0. The molecule has 0 radical (unpaired) electrons. The van der Waals surface area contributed by atoms with Crippen LogP contribution in [-0.2, 0) is 0 Å². The second-order valence-corrected chi connectivity index (χ2v) is 6.66. The second-order valence-electron chi connectivity index (χ2n) is 6.66. The number of hydrogen-bond acceptors (Lipinski definition) is 2. The summed E-state index contributed by atoms with van der Waals surface area (Å²) in [6, 6.07) is 29.3. The monoisotopic (exact) mass is 363 g/mol. The molecule has 28 heavy (non-hydrogen) atoms. The average molecular weight is 363 g/mol. The maximum absolute atomic E-state index is 12.8. The third-order valence-electron chi connectivity index (χ3n) is 4.84. The highest BCUT2D eigenvalue weighted by Gasteiger charge is 2.10. The van der Waals surface area contributed by atoms with Gasteiger partial charge in [0.2, 0.25) is 0 Å². The van der Waals surface area contributed by atoms with Crippen molar-refractivity contribution in [3.8, 4) is 11.4 Å². The van der Waals surface area contributed by atoms with Crippen LogP contribution in [0.4, 0.5) is 5.69 Å². The Balaban J connectivity index is 1.40. The van der Waals surface area contributed by atoms with Crippen LogP contribution < -0.4 is 5.32 Å². The lowest BCUT2D eigenvalue weighted by atomic mass is 10.0. The molecular formula is C24H17N3O. The first-order valence-electron chi connectivity index (χ1n) is 9.12. The standard InChI is InChI=1S/C24H17N3O/c28-24(20-9-5-7-16-6-1-2-8-19(16)20)25-18-14-12-17(13-15-18)23-26-21-10-3-4-11-22(21)27-23/h1-15H,(H,25,28)(H,26,27). The number of hydrogen-bond donors (Lipinski definition) is 2. The Morgan fingerprint density at radius 3 is 2.39 bits per heavy atom. The highest BCUT2D eigenvalue weighted by Crippen LogP contribution is 2.23. The molecule has 0 fully saturated rings. The molecule has 0 aliphatic rings. The molecule has 4 aromatic carbocycles. The Morgan fingerprint density at radius 1 is 0.786 bits per heavy atom. The van der Waals surface area contributed by atoms with E-state index in [0.717, 1.165) is 38.9 Å². The fraction of sp³-hybridized carbons (Fsp3) is 0. The quantitative estimate of drug-likeness (QED) is 0.436. The van der Waals surface area contributed by atoms with Gasteiger partial charge in [-0.2, -0.15) is 0 Å². The number of anilines is 1. The van der Waals surface area contributed by atoms with Gasteiger partial charge in [-0.15, -0.1) is 0 Å². The minimum atomic E-state index is -0.117. The van der Waals surface area contributed by atoms with Crippen LogP contribution in [0.3, 0.4) is 0 Å². The summed E-state index contributed by atoms with van der Waals surface area (Å²) in [6.45, 7) is 0. The molecule has 0 aliphatic heterocycles. The van der Waals surface area contributed by atoms with E-state index < -0.39 is 0 Å². The first kappa shape index (κ1) is 16.3. The van der Waals surface area contributed by atoms with Crippen LogP contribution in [-0.4, -0.2) is 15.9 Å². The van der Waals surface area contributed by atoms with E-state index in [1.807, 2.05) is 91.0 Å². The van der Waals surface area contributed by atoms with Crippen LogP contribution >= 0.6 is 0 Å². The zero-order valence-electron chi connectivity index (χ0n) is 15.0. The predicted octanol–water partition coefficient (Wildman–Crippen LogP) is 5.64. The van der Waals surface area contributed by atoms with Crippen LogP contribution in [0.25, 0.3) is 33.2 Å². The average Bonchev–Trinajstić information content (AvgIpc) is 3.18. The third kappa shape index (κ3) is 2.91. The molecule has 0 aliphatic carbocycles. The van der Waals surface area contributed by atoms with Crippen molar-refractivity contribution in [1.82, 2.24) is 9.97 Å². The Kier molecular flexibility index (Phi) is 3.87. The molecular weight excluding hydrogens is 346 g/mol. The van der Waals surface area contributed by atoms with Crippen LogP contribution in [0.1, 0.15) is 10.4 Å². The molecule has 134 valence electrons. The highest BCUT2D eigenvalue weighted by atomic mass is 16.1. The fourth-order valence-electron chi connectivity index (χ4n) is 3.42. The van der Waals surface area contributed by atoms with Gasteiger partial charge in [0.1, 0.15) is 5.82 Å². The number of aromatic amines is 1. The molecule has 0 saturated heterocycles. The summed E-state index contributed by atoms with van der Waals surface area (Å²) < 4.78 is 0. The maximum atomic E-state index is 12.8. The van der Waals surface area contributed by atoms with Crippen LogP contribution in [0.15, 0.2) is 91.0 Å². The molecule has 5 rings (SSSR count). The van der Waals surface area contributed by atoms with E-state index in [0.29, 0.717) is 5.56 Å². The highest BCUT2D eigenvalue weighted by molar-refractivity contribution is 6.12. The lowest BCUT2D eigenvalue weighted by molar-refractivity contribution is 0.102. The molecule has 4 nitrogen and oxygen atoms in total. The molecule has 1 heterocycles. The summed E-state index contributed by atoms with van der Waals surface area (Å²) in [5.41, 5.74) is 4.33. The molecule has 1 aromatic heterocycles. The minimum Gasteiger partial charge on any atom is -0.338 e. The van der Waals surface area contributed by atoms with Gasteiger partial charge in [-0.1, -0.05) is 48.5 Å². The number of carbonyl (C=O) groups is 1. The van der Waals surface area contributed by atoms with E-state index in [9.17, 15) is 4.79 Å². The van der Waals surface area contributed by atoms with Crippen LogP contribution in [0, 0.1) is 0 Å². The smallest absolute Gasteiger partial charge is 0.256 e. The van der Waals surface area contributed by atoms with Crippen molar-refractivity contribution in [2.24, 2.45) is 0 Å². The number of amides is 1. The van der Waals surface area contributed by atoms with Gasteiger partial charge < -0.3 is 10.3 Å². The molecule has 0 unspecified atom stereocenters. The molecule has 0 atom stereocenters.